The molecular formula is C21H28N4O2S. The lowest BCUT2D eigenvalue weighted by Crippen LogP contribution is -2.40. The SMILES string of the molecule is C[C@H]1CCc2c(C(=O)N3CCC[C@@H](c4[nH]ncc4C(=O)N(C)C)C3)csc2C1. The number of nitrogens with one attached hydrogen (secondary N) is 1. The number of carbonyl (C=O) groups excluding carboxylic acids is 2. The topological polar surface area (TPSA) is 69.3 Å². The maximum Gasteiger partial charge on any atom is 0.256 e. The van der Waals surface area contributed by atoms with Crippen LogP contribution in [0.25, 0.3) is 0 Å². The molecule has 1 aliphatic carbocycles. The maximum atomic E-state index is 13.3. The summed E-state index contributed by atoms with van der Waals surface area (Å²) in [6.07, 6.45) is 6.78. The highest BCUT2D eigenvalue weighted by Crippen LogP contribution is 2.35. The van der Waals surface area contributed by atoms with Gasteiger partial charge in [-0.15, -0.1) is 11.3 Å². The zero-order valence-corrected chi connectivity index (χ0v) is 17.6. The number of aromatic nitrogens is 2. The Bertz CT molecular complexity index is 885. The molecule has 2 aliphatic rings. The molecule has 2 aromatic rings. The molecular weight excluding hydrogens is 372 g/mol. The lowest BCUT2D eigenvalue weighted by molar-refractivity contribution is 0.0704. The molecule has 1 aliphatic heterocycles. The van der Waals surface area contributed by atoms with Crippen molar-refractivity contribution in [2.24, 2.45) is 5.92 Å². The van der Waals surface area contributed by atoms with Crippen molar-refractivity contribution in [3.05, 3.63) is 38.8 Å². The predicted octanol–water partition coefficient (Wildman–Crippen LogP) is 3.32. The van der Waals surface area contributed by atoms with Crippen molar-refractivity contribution < 1.29 is 9.59 Å². The zero-order valence-electron chi connectivity index (χ0n) is 16.8. The standard InChI is InChI=1S/C21H28N4O2S/c1-13-6-7-15-17(12-28-18(15)9-13)21(27)25-8-4-5-14(11-25)19-16(10-22-23-19)20(26)24(2)3/h10,12-14H,4-9,11H2,1-3H3,(H,22,23)/t13-,14+/m0/s1. The van der Waals surface area contributed by atoms with Crippen LogP contribution < -0.4 is 0 Å². The summed E-state index contributed by atoms with van der Waals surface area (Å²) in [5.41, 5.74) is 3.66. The van der Waals surface area contributed by atoms with Gasteiger partial charge in [0.25, 0.3) is 11.8 Å². The minimum atomic E-state index is -0.0479. The van der Waals surface area contributed by atoms with Crippen LogP contribution in [-0.2, 0) is 12.8 Å². The summed E-state index contributed by atoms with van der Waals surface area (Å²) in [7, 11) is 3.49. The van der Waals surface area contributed by atoms with Crippen LogP contribution in [0.3, 0.4) is 0 Å². The number of thiophene rings is 1. The molecule has 0 radical (unpaired) electrons. The second-order valence-electron chi connectivity index (χ2n) is 8.39. The first-order valence-corrected chi connectivity index (χ1v) is 11.0. The monoisotopic (exact) mass is 400 g/mol. The Hall–Kier alpha value is -2.15. The van der Waals surface area contributed by atoms with E-state index in [0.29, 0.717) is 18.0 Å². The van der Waals surface area contributed by atoms with Gasteiger partial charge in [-0.05, 0) is 43.6 Å². The quantitative estimate of drug-likeness (QED) is 0.859. The summed E-state index contributed by atoms with van der Waals surface area (Å²) in [4.78, 5) is 30.7. The van der Waals surface area contributed by atoms with Crippen molar-refractivity contribution in [2.45, 2.75) is 44.9 Å². The third kappa shape index (κ3) is 3.48. The van der Waals surface area contributed by atoms with Crippen LogP contribution in [0.1, 0.15) is 69.0 Å². The predicted molar refractivity (Wildman–Crippen MR) is 110 cm³/mol. The number of fused-ring (bicyclic) bond motifs is 1. The summed E-state index contributed by atoms with van der Waals surface area (Å²) in [6.45, 7) is 3.70. The average Bonchev–Trinajstić information content (AvgIpc) is 3.33. The molecule has 150 valence electrons. The highest BCUT2D eigenvalue weighted by Gasteiger charge is 2.32. The van der Waals surface area contributed by atoms with E-state index in [2.05, 4.69) is 22.5 Å². The number of likely N-dealkylation sites (tertiary alicyclic amines) is 1. The van der Waals surface area contributed by atoms with Crippen LogP contribution in [0.2, 0.25) is 0 Å². The molecule has 1 N–H and O–H groups in total. The minimum absolute atomic E-state index is 0.0479. The summed E-state index contributed by atoms with van der Waals surface area (Å²) >= 11 is 1.74. The number of nitrogens with zero attached hydrogens (tertiary/aromatic N) is 3. The highest BCUT2D eigenvalue weighted by atomic mass is 32.1. The van der Waals surface area contributed by atoms with Crippen molar-refractivity contribution in [3.63, 3.8) is 0 Å². The fourth-order valence-corrected chi connectivity index (χ4v) is 5.68. The number of rotatable bonds is 3. The molecule has 2 amide bonds. The van der Waals surface area contributed by atoms with Crippen molar-refractivity contribution in [3.8, 4) is 0 Å². The molecule has 4 rings (SSSR count). The summed E-state index contributed by atoms with van der Waals surface area (Å²) in [5.74, 6) is 0.931. The minimum Gasteiger partial charge on any atom is -0.345 e. The average molecular weight is 401 g/mol. The van der Waals surface area contributed by atoms with Crippen LogP contribution in [-0.4, -0.2) is 59.0 Å². The van der Waals surface area contributed by atoms with Crippen LogP contribution in [0.15, 0.2) is 11.6 Å². The molecule has 0 unspecified atom stereocenters. The highest BCUT2D eigenvalue weighted by molar-refractivity contribution is 7.10. The number of H-pyrrole nitrogens is 1. The van der Waals surface area contributed by atoms with Crippen molar-refractivity contribution in [1.29, 1.82) is 0 Å². The van der Waals surface area contributed by atoms with E-state index in [-0.39, 0.29) is 17.7 Å². The van der Waals surface area contributed by atoms with Crippen molar-refractivity contribution in [1.82, 2.24) is 20.0 Å². The Labute approximate surface area is 169 Å². The van der Waals surface area contributed by atoms with Gasteiger partial charge in [0.1, 0.15) is 0 Å². The summed E-state index contributed by atoms with van der Waals surface area (Å²) < 4.78 is 0. The number of hydrogen-bond acceptors (Lipinski definition) is 4. The molecule has 1 fully saturated rings. The fourth-order valence-electron chi connectivity index (χ4n) is 4.44. The molecule has 2 atom stereocenters. The lowest BCUT2D eigenvalue weighted by Gasteiger charge is -2.33. The largest absolute Gasteiger partial charge is 0.345 e. The van der Waals surface area contributed by atoms with Gasteiger partial charge in [-0.3, -0.25) is 14.7 Å². The van der Waals surface area contributed by atoms with Crippen molar-refractivity contribution >= 4 is 23.2 Å². The fraction of sp³-hybridized carbons (Fsp3) is 0.571. The third-order valence-electron chi connectivity index (χ3n) is 6.05. The second-order valence-corrected chi connectivity index (χ2v) is 9.35. The van der Waals surface area contributed by atoms with E-state index >= 15 is 0 Å². The molecule has 0 aromatic carbocycles. The number of amides is 2. The van der Waals surface area contributed by atoms with Crippen LogP contribution in [0.5, 0.6) is 0 Å². The Morgan fingerprint density at radius 2 is 2.11 bits per heavy atom. The molecule has 0 spiro atoms. The van der Waals surface area contributed by atoms with Gasteiger partial charge in [-0.1, -0.05) is 6.92 Å². The molecule has 0 saturated carbocycles. The Morgan fingerprint density at radius 1 is 1.29 bits per heavy atom. The number of hydrogen-bond donors (Lipinski definition) is 1. The maximum absolute atomic E-state index is 13.3. The normalized spacial score (nSPS) is 22.0. The summed E-state index contributed by atoms with van der Waals surface area (Å²) in [6, 6.07) is 0. The number of aromatic amines is 1. The third-order valence-corrected chi connectivity index (χ3v) is 7.11. The van der Waals surface area contributed by atoms with Crippen LogP contribution in [0, 0.1) is 5.92 Å². The Kier molecular flexibility index (Phi) is 5.27. The number of piperidine rings is 1. The first kappa shape index (κ1) is 19.2. The molecule has 7 heteroatoms. The van der Waals surface area contributed by atoms with E-state index in [1.54, 1.807) is 36.5 Å². The molecule has 6 nitrogen and oxygen atoms in total. The van der Waals surface area contributed by atoms with E-state index in [1.807, 2.05) is 4.90 Å². The zero-order chi connectivity index (χ0) is 19.8. The second kappa shape index (κ2) is 7.70. The van der Waals surface area contributed by atoms with Gasteiger partial charge in [0.05, 0.1) is 23.0 Å². The van der Waals surface area contributed by atoms with E-state index in [1.165, 1.54) is 10.4 Å². The van der Waals surface area contributed by atoms with Crippen LogP contribution in [0.4, 0.5) is 0 Å². The molecule has 2 aromatic heterocycles. The van der Waals surface area contributed by atoms with Gasteiger partial charge >= 0.3 is 0 Å². The molecule has 3 heterocycles. The molecule has 28 heavy (non-hydrogen) atoms. The Morgan fingerprint density at radius 3 is 2.89 bits per heavy atom. The van der Waals surface area contributed by atoms with Crippen LogP contribution >= 0.6 is 11.3 Å². The van der Waals surface area contributed by atoms with E-state index in [9.17, 15) is 9.59 Å². The van der Waals surface area contributed by atoms with Gasteiger partial charge in [0.2, 0.25) is 0 Å². The van der Waals surface area contributed by atoms with Gasteiger partial charge in [0, 0.05) is 43.4 Å². The molecule has 1 saturated heterocycles. The van der Waals surface area contributed by atoms with E-state index in [0.717, 1.165) is 49.9 Å². The van der Waals surface area contributed by atoms with Gasteiger partial charge < -0.3 is 9.80 Å². The Balaban J connectivity index is 1.53. The first-order chi connectivity index (χ1) is 13.5. The lowest BCUT2D eigenvalue weighted by atomic mass is 9.87. The van der Waals surface area contributed by atoms with Gasteiger partial charge in [-0.2, -0.15) is 5.10 Å². The first-order valence-electron chi connectivity index (χ1n) is 10.1. The van der Waals surface area contributed by atoms with Crippen molar-refractivity contribution in [2.75, 3.05) is 27.2 Å². The van der Waals surface area contributed by atoms with E-state index < -0.39 is 0 Å². The van der Waals surface area contributed by atoms with E-state index in [4.69, 9.17) is 0 Å². The number of carbonyl (C=O) groups is 2. The molecule has 0 bridgehead atoms. The van der Waals surface area contributed by atoms with Gasteiger partial charge in [0.15, 0.2) is 0 Å². The summed E-state index contributed by atoms with van der Waals surface area (Å²) in [5, 5.41) is 9.20. The smallest absolute Gasteiger partial charge is 0.256 e. The van der Waals surface area contributed by atoms with Gasteiger partial charge in [-0.25, -0.2) is 0 Å².